The van der Waals surface area contributed by atoms with Crippen molar-refractivity contribution in [1.29, 1.82) is 0 Å². The molecule has 8 rings (SSSR count). The smallest absolute Gasteiger partial charge is 0.115 e. The standard InChI is InChI=1S/C32H18N4S/c1-3-11-19(12-4-1)25-29-30(26(20-13-5-2-6-14-20)32-31(25)35-37-36-32)34-28-24-18-10-8-16-22(24)21-15-7-9-17-23(21)27(28)33-29/h1-18H. The fraction of sp³-hybridized carbons (Fsp3) is 0. The maximum atomic E-state index is 5.42. The fourth-order valence-corrected chi connectivity index (χ4v) is 6.07. The molecule has 0 aliphatic heterocycles. The summed E-state index contributed by atoms with van der Waals surface area (Å²) < 4.78 is 9.57. The first-order chi connectivity index (χ1) is 18.4. The van der Waals surface area contributed by atoms with Gasteiger partial charge in [-0.25, -0.2) is 9.97 Å². The highest BCUT2D eigenvalue weighted by molar-refractivity contribution is 7.00. The number of nitrogens with zero attached hydrogens (tertiary/aromatic N) is 4. The molecular formula is C32H18N4S. The second-order valence-corrected chi connectivity index (χ2v) is 9.68. The van der Waals surface area contributed by atoms with Crippen molar-refractivity contribution in [3.05, 3.63) is 109 Å². The molecule has 6 aromatic carbocycles. The first-order valence-electron chi connectivity index (χ1n) is 12.2. The zero-order valence-electron chi connectivity index (χ0n) is 19.6. The van der Waals surface area contributed by atoms with E-state index in [9.17, 15) is 0 Å². The van der Waals surface area contributed by atoms with E-state index in [0.29, 0.717) is 0 Å². The molecule has 0 amide bonds. The van der Waals surface area contributed by atoms with Crippen molar-refractivity contribution in [2.75, 3.05) is 0 Å². The predicted octanol–water partition coefficient (Wildman–Crippen LogP) is 8.43. The maximum absolute atomic E-state index is 5.42. The molecule has 5 heteroatoms. The Morgan fingerprint density at radius 3 is 1.16 bits per heavy atom. The Hall–Kier alpha value is -4.74. The second kappa shape index (κ2) is 7.88. The van der Waals surface area contributed by atoms with Crippen LogP contribution in [0.3, 0.4) is 0 Å². The highest BCUT2D eigenvalue weighted by Crippen LogP contribution is 2.43. The van der Waals surface area contributed by atoms with Gasteiger partial charge in [-0.15, -0.1) is 0 Å². The molecule has 0 N–H and O–H groups in total. The van der Waals surface area contributed by atoms with Crippen molar-refractivity contribution in [3.8, 4) is 22.3 Å². The molecule has 0 fully saturated rings. The van der Waals surface area contributed by atoms with E-state index < -0.39 is 0 Å². The van der Waals surface area contributed by atoms with Gasteiger partial charge >= 0.3 is 0 Å². The zero-order valence-corrected chi connectivity index (χ0v) is 20.4. The molecule has 2 heterocycles. The Bertz CT molecular complexity index is 1980. The van der Waals surface area contributed by atoms with Gasteiger partial charge in [-0.3, -0.25) is 0 Å². The van der Waals surface area contributed by atoms with E-state index in [-0.39, 0.29) is 0 Å². The van der Waals surface area contributed by atoms with Gasteiger partial charge < -0.3 is 0 Å². The lowest BCUT2D eigenvalue weighted by atomic mass is 9.94. The summed E-state index contributed by atoms with van der Waals surface area (Å²) in [5.41, 5.74) is 9.29. The molecule has 0 unspecified atom stereocenters. The lowest BCUT2D eigenvalue weighted by molar-refractivity contribution is 1.42. The summed E-state index contributed by atoms with van der Waals surface area (Å²) in [6.07, 6.45) is 0. The van der Waals surface area contributed by atoms with E-state index in [4.69, 9.17) is 18.7 Å². The first kappa shape index (κ1) is 20.5. The molecule has 2 aromatic heterocycles. The first-order valence-corrected chi connectivity index (χ1v) is 12.9. The summed E-state index contributed by atoms with van der Waals surface area (Å²) in [7, 11) is 0. The molecule has 0 aliphatic carbocycles. The summed E-state index contributed by atoms with van der Waals surface area (Å²) in [5.74, 6) is 0. The van der Waals surface area contributed by atoms with Crippen LogP contribution < -0.4 is 0 Å². The Balaban J connectivity index is 1.68. The molecule has 8 aromatic rings. The van der Waals surface area contributed by atoms with Crippen molar-refractivity contribution < 1.29 is 0 Å². The summed E-state index contributed by atoms with van der Waals surface area (Å²) in [4.78, 5) is 10.8. The summed E-state index contributed by atoms with van der Waals surface area (Å²) in [6.45, 7) is 0. The lowest BCUT2D eigenvalue weighted by Crippen LogP contribution is -1.97. The Labute approximate surface area is 216 Å². The molecule has 0 aliphatic rings. The molecule has 0 bridgehead atoms. The van der Waals surface area contributed by atoms with Crippen LogP contribution in [-0.4, -0.2) is 18.7 Å². The van der Waals surface area contributed by atoms with E-state index in [1.54, 1.807) is 0 Å². The number of fused-ring (bicyclic) bond motifs is 8. The van der Waals surface area contributed by atoms with Gasteiger partial charge in [0.05, 0.1) is 22.8 Å². The third kappa shape index (κ3) is 2.95. The second-order valence-electron chi connectivity index (χ2n) is 9.15. The van der Waals surface area contributed by atoms with Crippen molar-refractivity contribution in [3.63, 3.8) is 0 Å². The Morgan fingerprint density at radius 2 is 0.730 bits per heavy atom. The molecule has 37 heavy (non-hydrogen) atoms. The average molecular weight is 491 g/mol. The maximum Gasteiger partial charge on any atom is 0.115 e. The van der Waals surface area contributed by atoms with E-state index in [1.165, 1.54) is 22.5 Å². The highest BCUT2D eigenvalue weighted by Gasteiger charge is 2.23. The van der Waals surface area contributed by atoms with Gasteiger partial charge in [0.1, 0.15) is 22.1 Å². The monoisotopic (exact) mass is 490 g/mol. The number of hydrogen-bond donors (Lipinski definition) is 0. The summed E-state index contributed by atoms with van der Waals surface area (Å²) in [6, 6.07) is 37.7. The molecule has 0 saturated carbocycles. The minimum absolute atomic E-state index is 0.846. The molecule has 4 nitrogen and oxygen atoms in total. The molecule has 172 valence electrons. The van der Waals surface area contributed by atoms with Crippen LogP contribution in [0.5, 0.6) is 0 Å². The Kier molecular flexibility index (Phi) is 4.36. The minimum Gasteiger partial charge on any atom is -0.243 e. The van der Waals surface area contributed by atoms with Crippen LogP contribution in [0.1, 0.15) is 0 Å². The van der Waals surface area contributed by atoms with Crippen LogP contribution in [0.25, 0.3) is 76.9 Å². The van der Waals surface area contributed by atoms with E-state index >= 15 is 0 Å². The predicted molar refractivity (Wildman–Crippen MR) is 154 cm³/mol. The van der Waals surface area contributed by atoms with Crippen LogP contribution in [0.15, 0.2) is 109 Å². The summed E-state index contributed by atoms with van der Waals surface area (Å²) >= 11 is 1.23. The summed E-state index contributed by atoms with van der Waals surface area (Å²) in [5, 5.41) is 4.56. The van der Waals surface area contributed by atoms with Crippen molar-refractivity contribution >= 4 is 66.4 Å². The van der Waals surface area contributed by atoms with Crippen molar-refractivity contribution in [2.45, 2.75) is 0 Å². The van der Waals surface area contributed by atoms with Gasteiger partial charge in [0, 0.05) is 21.9 Å². The molecule has 0 atom stereocenters. The van der Waals surface area contributed by atoms with E-state index in [0.717, 1.165) is 66.1 Å². The average Bonchev–Trinajstić information content (AvgIpc) is 3.45. The van der Waals surface area contributed by atoms with Crippen molar-refractivity contribution in [2.24, 2.45) is 0 Å². The van der Waals surface area contributed by atoms with Gasteiger partial charge in [-0.1, -0.05) is 109 Å². The highest BCUT2D eigenvalue weighted by atomic mass is 32.1. The van der Waals surface area contributed by atoms with Gasteiger partial charge in [0.25, 0.3) is 0 Å². The van der Waals surface area contributed by atoms with Crippen molar-refractivity contribution in [1.82, 2.24) is 18.7 Å². The fourth-order valence-electron chi connectivity index (χ4n) is 5.51. The van der Waals surface area contributed by atoms with Gasteiger partial charge in [-0.05, 0) is 21.9 Å². The molecule has 0 radical (unpaired) electrons. The van der Waals surface area contributed by atoms with Crippen LogP contribution in [0.2, 0.25) is 0 Å². The van der Waals surface area contributed by atoms with Crippen LogP contribution in [-0.2, 0) is 0 Å². The zero-order chi connectivity index (χ0) is 24.3. The van der Waals surface area contributed by atoms with E-state index in [1.807, 2.05) is 12.1 Å². The molecule has 0 spiro atoms. The number of rotatable bonds is 2. The number of benzene rings is 6. The van der Waals surface area contributed by atoms with Crippen LogP contribution in [0.4, 0.5) is 0 Å². The lowest BCUT2D eigenvalue weighted by Gasteiger charge is -2.15. The quantitative estimate of drug-likeness (QED) is 0.180. The third-order valence-corrected chi connectivity index (χ3v) is 7.64. The largest absolute Gasteiger partial charge is 0.243 e. The minimum atomic E-state index is 0.846. The third-order valence-electron chi connectivity index (χ3n) is 7.11. The van der Waals surface area contributed by atoms with Crippen LogP contribution >= 0.6 is 11.7 Å². The van der Waals surface area contributed by atoms with Gasteiger partial charge in [-0.2, -0.15) is 8.75 Å². The normalized spacial score (nSPS) is 11.8. The molecule has 0 saturated heterocycles. The molecular weight excluding hydrogens is 472 g/mol. The number of aromatic nitrogens is 4. The van der Waals surface area contributed by atoms with Crippen LogP contribution in [0, 0.1) is 0 Å². The Morgan fingerprint density at radius 1 is 0.351 bits per heavy atom. The van der Waals surface area contributed by atoms with Gasteiger partial charge in [0.2, 0.25) is 0 Å². The van der Waals surface area contributed by atoms with E-state index in [2.05, 4.69) is 97.1 Å². The van der Waals surface area contributed by atoms with Gasteiger partial charge in [0.15, 0.2) is 0 Å². The number of hydrogen-bond acceptors (Lipinski definition) is 5. The topological polar surface area (TPSA) is 51.6 Å². The SMILES string of the molecule is c1ccc(-c2c3nsnc3c(-c3ccccc3)c3nc4c5ccccc5c5ccccc5c4nc23)cc1.